The molecule has 0 radical (unpaired) electrons. The van der Waals surface area contributed by atoms with Crippen molar-refractivity contribution in [2.45, 2.75) is 75.8 Å². The summed E-state index contributed by atoms with van der Waals surface area (Å²) in [6.45, 7) is 5.85. The summed E-state index contributed by atoms with van der Waals surface area (Å²) in [6, 6.07) is 0. The molecule has 2 saturated carbocycles. The van der Waals surface area contributed by atoms with E-state index < -0.39 is 78.0 Å². The molecular weight excluding hydrogens is 462 g/mol. The van der Waals surface area contributed by atoms with Gasteiger partial charge >= 0.3 is 24.3 Å². The quantitative estimate of drug-likeness (QED) is 0.319. The molecule has 1 aliphatic heterocycles. The largest absolute Gasteiger partial charge is 0.458 e. The van der Waals surface area contributed by atoms with Crippen molar-refractivity contribution in [3.05, 3.63) is 12.2 Å². The first-order chi connectivity index (χ1) is 15.0. The van der Waals surface area contributed by atoms with Crippen LogP contribution in [0.4, 0.5) is 26.3 Å². The molecule has 3 aliphatic rings. The summed E-state index contributed by atoms with van der Waals surface area (Å²) < 4.78 is 95.5. The summed E-state index contributed by atoms with van der Waals surface area (Å²) in [4.78, 5) is 24.7. The minimum absolute atomic E-state index is 0.0429. The van der Waals surface area contributed by atoms with Crippen molar-refractivity contribution in [1.82, 2.24) is 0 Å². The lowest BCUT2D eigenvalue weighted by atomic mass is 9.67. The third kappa shape index (κ3) is 3.82. The molecule has 6 nitrogen and oxygen atoms in total. The number of rotatable bonds is 8. The molecular formula is C21H26F6O6. The van der Waals surface area contributed by atoms with E-state index in [1.54, 1.807) is 0 Å². The molecule has 188 valence electrons. The van der Waals surface area contributed by atoms with E-state index >= 15 is 0 Å². The molecule has 0 aromatic heterocycles. The van der Waals surface area contributed by atoms with E-state index in [0.717, 1.165) is 0 Å². The highest BCUT2D eigenvalue weighted by molar-refractivity contribution is 5.87. The number of carbonyl (C=O) groups is 2. The summed E-state index contributed by atoms with van der Waals surface area (Å²) in [5.74, 6) is -4.05. The SMILES string of the molecule is C=C(C)C(=O)OC1C2CC3C1OC(=O)C3C2C(CC)(CC)OCC(O)(C(F)(F)F)C(F)(F)F. The Morgan fingerprint density at radius 3 is 2.12 bits per heavy atom. The molecule has 3 rings (SSSR count). The smallest absolute Gasteiger partial charge is 0.428 e. The number of halogens is 6. The molecule has 0 spiro atoms. The van der Waals surface area contributed by atoms with Crippen molar-refractivity contribution in [2.24, 2.45) is 23.7 Å². The van der Waals surface area contributed by atoms with Crippen LogP contribution in [0.3, 0.4) is 0 Å². The lowest BCUT2D eigenvalue weighted by Gasteiger charge is -2.46. The van der Waals surface area contributed by atoms with Crippen LogP contribution >= 0.6 is 0 Å². The molecule has 1 saturated heterocycles. The maximum absolute atomic E-state index is 13.2. The molecule has 0 amide bonds. The van der Waals surface area contributed by atoms with E-state index in [9.17, 15) is 41.0 Å². The Kier molecular flexibility index (Phi) is 6.36. The van der Waals surface area contributed by atoms with Crippen molar-refractivity contribution < 1.29 is 55.2 Å². The molecule has 0 aromatic carbocycles. The summed E-state index contributed by atoms with van der Waals surface area (Å²) in [5.41, 5.74) is -6.63. The maximum Gasteiger partial charge on any atom is 0.428 e. The van der Waals surface area contributed by atoms with Crippen LogP contribution in [0.2, 0.25) is 0 Å². The molecule has 6 unspecified atom stereocenters. The van der Waals surface area contributed by atoms with Gasteiger partial charge in [-0.25, -0.2) is 4.79 Å². The molecule has 3 fully saturated rings. The average Bonchev–Trinajstić information content (AvgIpc) is 3.31. The number of esters is 2. The summed E-state index contributed by atoms with van der Waals surface area (Å²) in [6.07, 6.45) is -13.5. The fraction of sp³-hybridized carbons (Fsp3) is 0.810. The van der Waals surface area contributed by atoms with Gasteiger partial charge in [0.2, 0.25) is 0 Å². The van der Waals surface area contributed by atoms with Gasteiger partial charge in [0, 0.05) is 23.3 Å². The number of hydrogen-bond acceptors (Lipinski definition) is 6. The second-order valence-corrected chi connectivity index (χ2v) is 9.08. The minimum Gasteiger partial charge on any atom is -0.458 e. The predicted molar refractivity (Wildman–Crippen MR) is 99.5 cm³/mol. The maximum atomic E-state index is 13.2. The zero-order valence-electron chi connectivity index (χ0n) is 18.3. The van der Waals surface area contributed by atoms with Crippen LogP contribution in [0.15, 0.2) is 12.2 Å². The molecule has 33 heavy (non-hydrogen) atoms. The molecule has 2 bridgehead atoms. The number of alkyl halides is 6. The number of hydrogen-bond donors (Lipinski definition) is 1. The zero-order chi connectivity index (χ0) is 25.1. The lowest BCUT2D eigenvalue weighted by Crippen LogP contribution is -2.62. The number of carbonyl (C=O) groups excluding carboxylic acids is 2. The molecule has 6 atom stereocenters. The van der Waals surface area contributed by atoms with E-state index in [2.05, 4.69) is 6.58 Å². The van der Waals surface area contributed by atoms with Gasteiger partial charge in [-0.3, -0.25) is 4.79 Å². The van der Waals surface area contributed by atoms with Crippen LogP contribution in [0.5, 0.6) is 0 Å². The van der Waals surface area contributed by atoms with E-state index in [1.165, 1.54) is 20.8 Å². The Hall–Kier alpha value is -1.82. The second-order valence-electron chi connectivity index (χ2n) is 9.08. The number of ether oxygens (including phenoxy) is 3. The average molecular weight is 488 g/mol. The van der Waals surface area contributed by atoms with Gasteiger partial charge in [0.1, 0.15) is 12.2 Å². The van der Waals surface area contributed by atoms with Crippen LogP contribution in [-0.2, 0) is 23.8 Å². The highest BCUT2D eigenvalue weighted by Gasteiger charge is 2.74. The van der Waals surface area contributed by atoms with Gasteiger partial charge in [0.15, 0.2) is 0 Å². The first kappa shape index (κ1) is 25.8. The Labute approximate surface area is 186 Å². The second kappa shape index (κ2) is 8.14. The summed E-state index contributed by atoms with van der Waals surface area (Å²) >= 11 is 0. The van der Waals surface area contributed by atoms with Gasteiger partial charge in [0.25, 0.3) is 5.60 Å². The van der Waals surface area contributed by atoms with Crippen molar-refractivity contribution in [1.29, 1.82) is 0 Å². The van der Waals surface area contributed by atoms with E-state index in [1.807, 2.05) is 0 Å². The van der Waals surface area contributed by atoms with Gasteiger partial charge in [0.05, 0.1) is 18.1 Å². The van der Waals surface area contributed by atoms with Crippen LogP contribution in [-0.4, -0.2) is 59.4 Å². The number of fused-ring (bicyclic) bond motifs is 1. The molecule has 2 aliphatic carbocycles. The van der Waals surface area contributed by atoms with Crippen molar-refractivity contribution in [3.63, 3.8) is 0 Å². The standard InChI is InChI=1S/C21H26F6O6/c1-5-18(6-2,31-8-19(30,20(22,23)24)21(25,26)27)13-11-7-10-12(13)17(29)33-14(10)15(11)32-16(28)9(3)4/h10-15,30H,3,5-8H2,1-2,4H3. The fourth-order valence-electron chi connectivity index (χ4n) is 5.68. The first-order valence-corrected chi connectivity index (χ1v) is 10.6. The zero-order valence-corrected chi connectivity index (χ0v) is 18.3. The minimum atomic E-state index is -6.04. The topological polar surface area (TPSA) is 82.1 Å². The number of aliphatic hydroxyl groups is 1. The van der Waals surface area contributed by atoms with Gasteiger partial charge in [-0.1, -0.05) is 20.4 Å². The molecule has 12 heteroatoms. The van der Waals surface area contributed by atoms with E-state index in [0.29, 0.717) is 6.42 Å². The molecule has 1 N–H and O–H groups in total. The van der Waals surface area contributed by atoms with Crippen LogP contribution in [0.1, 0.15) is 40.0 Å². The third-order valence-electron chi connectivity index (χ3n) is 7.45. The highest BCUT2D eigenvalue weighted by atomic mass is 19.4. The Bertz CT molecular complexity index is 803. The Morgan fingerprint density at radius 1 is 1.12 bits per heavy atom. The van der Waals surface area contributed by atoms with Gasteiger partial charge < -0.3 is 19.3 Å². The Balaban J connectivity index is 1.96. The fourth-order valence-corrected chi connectivity index (χ4v) is 5.68. The van der Waals surface area contributed by atoms with Crippen LogP contribution in [0, 0.1) is 23.7 Å². The van der Waals surface area contributed by atoms with Gasteiger partial charge in [-0.05, 0) is 26.2 Å². The highest BCUT2D eigenvalue weighted by Crippen LogP contribution is 2.63. The monoisotopic (exact) mass is 488 g/mol. The van der Waals surface area contributed by atoms with Gasteiger partial charge in [-0.15, -0.1) is 0 Å². The first-order valence-electron chi connectivity index (χ1n) is 10.6. The normalized spacial score (nSPS) is 31.6. The molecule has 0 aromatic rings. The summed E-state index contributed by atoms with van der Waals surface area (Å²) in [5, 5.41) is 9.58. The van der Waals surface area contributed by atoms with E-state index in [-0.39, 0.29) is 18.4 Å². The summed E-state index contributed by atoms with van der Waals surface area (Å²) in [7, 11) is 0. The van der Waals surface area contributed by atoms with Crippen molar-refractivity contribution >= 4 is 11.9 Å². The van der Waals surface area contributed by atoms with Crippen LogP contribution < -0.4 is 0 Å². The predicted octanol–water partition coefficient (Wildman–Crippen LogP) is 3.71. The Morgan fingerprint density at radius 2 is 1.67 bits per heavy atom. The van der Waals surface area contributed by atoms with E-state index in [4.69, 9.17) is 14.2 Å². The lowest BCUT2D eigenvalue weighted by molar-refractivity contribution is -0.385. The molecule has 1 heterocycles. The van der Waals surface area contributed by atoms with Crippen LogP contribution in [0.25, 0.3) is 0 Å². The third-order valence-corrected chi connectivity index (χ3v) is 7.45. The van der Waals surface area contributed by atoms with Gasteiger partial charge in [-0.2, -0.15) is 26.3 Å². The van der Waals surface area contributed by atoms with Crippen molar-refractivity contribution in [2.75, 3.05) is 6.61 Å². The van der Waals surface area contributed by atoms with Crippen molar-refractivity contribution in [3.8, 4) is 0 Å².